The number of rotatable bonds is 1. The fourth-order valence-corrected chi connectivity index (χ4v) is 1.16. The van der Waals surface area contributed by atoms with E-state index in [0.29, 0.717) is 16.3 Å². The zero-order valence-corrected chi connectivity index (χ0v) is 8.12. The Morgan fingerprint density at radius 2 is 2.31 bits per heavy atom. The average Bonchev–Trinajstić information content (AvgIpc) is 2.08. The van der Waals surface area contributed by atoms with E-state index in [1.807, 2.05) is 6.07 Å². The first-order chi connectivity index (χ1) is 6.13. The van der Waals surface area contributed by atoms with Gasteiger partial charge in [-0.25, -0.2) is 0 Å². The molecule has 1 aromatic carbocycles. The highest BCUT2D eigenvalue weighted by Crippen LogP contribution is 2.22. The Hall–Kier alpha value is -1.31. The molecule has 66 valence electrons. The molecule has 1 aromatic rings. The van der Waals surface area contributed by atoms with Gasteiger partial charge in [-0.1, -0.05) is 11.6 Å². The number of nitrogens with one attached hydrogen (secondary N) is 1. The van der Waals surface area contributed by atoms with Crippen molar-refractivity contribution in [2.24, 2.45) is 5.73 Å². The van der Waals surface area contributed by atoms with Crippen LogP contribution in [-0.4, -0.2) is 5.11 Å². The van der Waals surface area contributed by atoms with E-state index in [9.17, 15) is 0 Å². The monoisotopic (exact) mass is 211 g/mol. The molecule has 0 atom stereocenters. The SMILES string of the molecule is N#Cc1ccc(NC(N)=S)c(Cl)c1. The second-order valence-corrected chi connectivity index (χ2v) is 3.14. The van der Waals surface area contributed by atoms with Gasteiger partial charge in [0.25, 0.3) is 0 Å². The average molecular weight is 212 g/mol. The molecule has 0 bridgehead atoms. The number of anilines is 1. The number of thiocarbonyl (C=S) groups is 1. The summed E-state index contributed by atoms with van der Waals surface area (Å²) < 4.78 is 0. The van der Waals surface area contributed by atoms with Crippen LogP contribution in [0.5, 0.6) is 0 Å². The number of nitrogens with two attached hydrogens (primary N) is 1. The van der Waals surface area contributed by atoms with Crippen molar-refractivity contribution in [1.29, 1.82) is 5.26 Å². The van der Waals surface area contributed by atoms with Crippen LogP contribution in [0.2, 0.25) is 5.02 Å². The lowest BCUT2D eigenvalue weighted by Gasteiger charge is -2.05. The molecular formula is C8H6ClN3S. The first kappa shape index (κ1) is 9.78. The number of nitriles is 1. The van der Waals surface area contributed by atoms with Crippen molar-refractivity contribution >= 4 is 34.6 Å². The van der Waals surface area contributed by atoms with E-state index >= 15 is 0 Å². The van der Waals surface area contributed by atoms with Crippen molar-refractivity contribution in [2.45, 2.75) is 0 Å². The predicted octanol–water partition coefficient (Wildman–Crippen LogP) is 1.87. The van der Waals surface area contributed by atoms with E-state index < -0.39 is 0 Å². The number of nitrogens with zero attached hydrogens (tertiary/aromatic N) is 1. The Morgan fingerprint density at radius 1 is 1.62 bits per heavy atom. The van der Waals surface area contributed by atoms with Crippen LogP contribution in [0.1, 0.15) is 5.56 Å². The molecule has 5 heteroatoms. The summed E-state index contributed by atoms with van der Waals surface area (Å²) in [6.07, 6.45) is 0. The maximum absolute atomic E-state index is 8.56. The quantitative estimate of drug-likeness (QED) is 0.697. The van der Waals surface area contributed by atoms with Gasteiger partial charge >= 0.3 is 0 Å². The van der Waals surface area contributed by atoms with Gasteiger partial charge in [-0.3, -0.25) is 0 Å². The van der Waals surface area contributed by atoms with E-state index in [-0.39, 0.29) is 5.11 Å². The van der Waals surface area contributed by atoms with Crippen molar-refractivity contribution in [3.8, 4) is 6.07 Å². The van der Waals surface area contributed by atoms with E-state index in [1.165, 1.54) is 0 Å². The fraction of sp³-hybridized carbons (Fsp3) is 0. The maximum Gasteiger partial charge on any atom is 0.168 e. The molecule has 0 aliphatic rings. The Labute approximate surface area is 86.1 Å². The lowest BCUT2D eigenvalue weighted by Crippen LogP contribution is -2.19. The summed E-state index contributed by atoms with van der Waals surface area (Å²) in [6.45, 7) is 0. The molecule has 1 rings (SSSR count). The summed E-state index contributed by atoms with van der Waals surface area (Å²) in [5.41, 5.74) is 6.36. The molecule has 0 aliphatic carbocycles. The number of hydrogen-bond donors (Lipinski definition) is 2. The Morgan fingerprint density at radius 3 is 2.77 bits per heavy atom. The van der Waals surface area contributed by atoms with Gasteiger partial charge in [-0.2, -0.15) is 5.26 Å². The molecule has 0 saturated carbocycles. The summed E-state index contributed by atoms with van der Waals surface area (Å²) in [6, 6.07) is 6.80. The van der Waals surface area contributed by atoms with Gasteiger partial charge in [0.2, 0.25) is 0 Å². The highest BCUT2D eigenvalue weighted by atomic mass is 35.5. The number of hydrogen-bond acceptors (Lipinski definition) is 2. The van der Waals surface area contributed by atoms with Crippen LogP contribution >= 0.6 is 23.8 Å². The molecule has 0 fully saturated rings. The van der Waals surface area contributed by atoms with Gasteiger partial charge in [0.05, 0.1) is 22.3 Å². The van der Waals surface area contributed by atoms with Crippen LogP contribution in [-0.2, 0) is 0 Å². The van der Waals surface area contributed by atoms with Gasteiger partial charge in [-0.15, -0.1) is 0 Å². The summed E-state index contributed by atoms with van der Waals surface area (Å²) in [5.74, 6) is 0. The number of halogens is 1. The van der Waals surface area contributed by atoms with Crippen LogP contribution in [0.4, 0.5) is 5.69 Å². The van der Waals surface area contributed by atoms with Crippen LogP contribution in [0, 0.1) is 11.3 Å². The molecule has 0 heterocycles. The van der Waals surface area contributed by atoms with E-state index in [1.54, 1.807) is 18.2 Å². The van der Waals surface area contributed by atoms with Gasteiger partial charge in [0, 0.05) is 0 Å². The molecule has 0 aromatic heterocycles. The second kappa shape index (κ2) is 4.08. The van der Waals surface area contributed by atoms with Crippen LogP contribution in [0.3, 0.4) is 0 Å². The largest absolute Gasteiger partial charge is 0.376 e. The van der Waals surface area contributed by atoms with E-state index in [2.05, 4.69) is 17.5 Å². The van der Waals surface area contributed by atoms with Crippen molar-refractivity contribution in [3.05, 3.63) is 28.8 Å². The lowest BCUT2D eigenvalue weighted by atomic mass is 10.2. The van der Waals surface area contributed by atoms with Crippen molar-refractivity contribution in [2.75, 3.05) is 5.32 Å². The topological polar surface area (TPSA) is 61.8 Å². The van der Waals surface area contributed by atoms with Crippen LogP contribution < -0.4 is 11.1 Å². The molecule has 13 heavy (non-hydrogen) atoms. The van der Waals surface area contributed by atoms with Gasteiger partial charge in [0.1, 0.15) is 0 Å². The minimum atomic E-state index is 0.145. The molecular weight excluding hydrogens is 206 g/mol. The molecule has 3 nitrogen and oxygen atoms in total. The molecule has 0 aliphatic heterocycles. The Kier molecular flexibility index (Phi) is 3.07. The van der Waals surface area contributed by atoms with E-state index in [4.69, 9.17) is 22.6 Å². The van der Waals surface area contributed by atoms with Gasteiger partial charge in [0.15, 0.2) is 5.11 Å². The molecule has 0 unspecified atom stereocenters. The standard InChI is InChI=1S/C8H6ClN3S/c9-6-3-5(4-10)1-2-7(6)12-8(11)13/h1-3H,(H3,11,12,13). The van der Waals surface area contributed by atoms with Gasteiger partial charge < -0.3 is 11.1 Å². The van der Waals surface area contributed by atoms with Crippen LogP contribution in [0.15, 0.2) is 18.2 Å². The molecule has 0 radical (unpaired) electrons. The second-order valence-electron chi connectivity index (χ2n) is 2.30. The predicted molar refractivity (Wildman–Crippen MR) is 56.6 cm³/mol. The highest BCUT2D eigenvalue weighted by Gasteiger charge is 2.01. The molecule has 0 saturated heterocycles. The first-order valence-corrected chi connectivity index (χ1v) is 4.18. The summed E-state index contributed by atoms with van der Waals surface area (Å²) in [5, 5.41) is 11.8. The molecule has 0 spiro atoms. The highest BCUT2D eigenvalue weighted by molar-refractivity contribution is 7.80. The van der Waals surface area contributed by atoms with Crippen molar-refractivity contribution in [1.82, 2.24) is 0 Å². The zero-order valence-electron chi connectivity index (χ0n) is 6.54. The lowest BCUT2D eigenvalue weighted by molar-refractivity contribution is 1.48. The summed E-state index contributed by atoms with van der Waals surface area (Å²) in [7, 11) is 0. The first-order valence-electron chi connectivity index (χ1n) is 3.39. The Balaban J connectivity index is 3.00. The molecule has 3 N–H and O–H groups in total. The summed E-state index contributed by atoms with van der Waals surface area (Å²) >= 11 is 10.5. The minimum Gasteiger partial charge on any atom is -0.376 e. The molecule has 0 amide bonds. The van der Waals surface area contributed by atoms with E-state index in [0.717, 1.165) is 0 Å². The van der Waals surface area contributed by atoms with Crippen molar-refractivity contribution in [3.63, 3.8) is 0 Å². The maximum atomic E-state index is 8.56. The smallest absolute Gasteiger partial charge is 0.168 e. The zero-order chi connectivity index (χ0) is 9.84. The Bertz CT molecular complexity index is 383. The van der Waals surface area contributed by atoms with Gasteiger partial charge in [-0.05, 0) is 30.4 Å². The van der Waals surface area contributed by atoms with Crippen molar-refractivity contribution < 1.29 is 0 Å². The number of benzene rings is 1. The fourth-order valence-electron chi connectivity index (χ4n) is 0.819. The third-order valence-corrected chi connectivity index (χ3v) is 1.77. The summed E-state index contributed by atoms with van der Waals surface area (Å²) in [4.78, 5) is 0. The minimum absolute atomic E-state index is 0.145. The third kappa shape index (κ3) is 2.58. The van der Waals surface area contributed by atoms with Crippen LogP contribution in [0.25, 0.3) is 0 Å². The third-order valence-electron chi connectivity index (χ3n) is 1.36. The normalized spacial score (nSPS) is 8.92.